The average molecular weight is 382 g/mol. The molecule has 0 bridgehead atoms. The number of pyridine rings is 1. The zero-order chi connectivity index (χ0) is 18.4. The highest BCUT2D eigenvalue weighted by Gasteiger charge is 2.12. The summed E-state index contributed by atoms with van der Waals surface area (Å²) in [6.45, 7) is 3.53. The number of aryl methyl sites for hydroxylation is 1. The van der Waals surface area contributed by atoms with Crippen LogP contribution in [0.1, 0.15) is 16.7 Å². The number of nitrogens with one attached hydrogen (secondary N) is 1. The molecule has 1 heterocycles. The fourth-order valence-corrected chi connectivity index (χ4v) is 3.05. The molecule has 1 N–H and O–H groups in total. The quantitative estimate of drug-likeness (QED) is 0.595. The smallest absolute Gasteiger partial charge is 0.174 e. The lowest BCUT2D eigenvalue weighted by molar-refractivity contribution is 0.412. The maximum absolute atomic E-state index is 5.96. The van der Waals surface area contributed by atoms with E-state index in [2.05, 4.69) is 46.4 Å². The predicted octanol–water partition coefficient (Wildman–Crippen LogP) is 5.44. The van der Waals surface area contributed by atoms with E-state index in [4.69, 9.17) is 23.8 Å². The average Bonchev–Trinajstić information content (AvgIpc) is 2.64. The lowest BCUT2D eigenvalue weighted by atomic mass is 10.1. The Labute approximate surface area is 164 Å². The number of nitrogens with zero attached hydrogens (tertiary/aromatic N) is 2. The number of rotatable bonds is 5. The maximum atomic E-state index is 5.96. The number of anilines is 1. The molecular formula is C21H20ClN3S. The van der Waals surface area contributed by atoms with Crippen LogP contribution in [0.5, 0.6) is 0 Å². The van der Waals surface area contributed by atoms with Crippen molar-refractivity contribution in [2.24, 2.45) is 0 Å². The van der Waals surface area contributed by atoms with Gasteiger partial charge in [0, 0.05) is 36.2 Å². The number of aromatic nitrogens is 1. The monoisotopic (exact) mass is 381 g/mol. The van der Waals surface area contributed by atoms with Crippen molar-refractivity contribution in [3.63, 3.8) is 0 Å². The Morgan fingerprint density at radius 1 is 1.00 bits per heavy atom. The van der Waals surface area contributed by atoms with E-state index in [0.29, 0.717) is 16.7 Å². The third kappa shape index (κ3) is 5.28. The maximum Gasteiger partial charge on any atom is 0.174 e. The van der Waals surface area contributed by atoms with Gasteiger partial charge in [-0.1, -0.05) is 41.4 Å². The molecule has 1 aromatic heterocycles. The van der Waals surface area contributed by atoms with Crippen molar-refractivity contribution in [1.82, 2.24) is 9.88 Å². The summed E-state index contributed by atoms with van der Waals surface area (Å²) in [5, 5.41) is 4.68. The number of thiocarbonyl (C=S) groups is 1. The van der Waals surface area contributed by atoms with Crippen LogP contribution in [-0.4, -0.2) is 15.0 Å². The van der Waals surface area contributed by atoms with Gasteiger partial charge in [0.15, 0.2) is 5.11 Å². The second kappa shape index (κ2) is 8.79. The molecule has 2 aromatic carbocycles. The molecule has 26 heavy (non-hydrogen) atoms. The molecule has 3 aromatic rings. The minimum atomic E-state index is 0.672. The first-order chi connectivity index (χ1) is 12.6. The zero-order valence-electron chi connectivity index (χ0n) is 14.5. The lowest BCUT2D eigenvalue weighted by Gasteiger charge is -2.26. The topological polar surface area (TPSA) is 28.2 Å². The van der Waals surface area contributed by atoms with Gasteiger partial charge < -0.3 is 10.2 Å². The van der Waals surface area contributed by atoms with Crippen molar-refractivity contribution in [2.75, 3.05) is 5.32 Å². The van der Waals surface area contributed by atoms with Gasteiger partial charge in [-0.15, -0.1) is 0 Å². The molecule has 0 aliphatic carbocycles. The Bertz CT molecular complexity index is 866. The van der Waals surface area contributed by atoms with Gasteiger partial charge in [-0.25, -0.2) is 0 Å². The van der Waals surface area contributed by atoms with Crippen molar-refractivity contribution < 1.29 is 0 Å². The van der Waals surface area contributed by atoms with Gasteiger partial charge in [0.1, 0.15) is 0 Å². The number of hydrogen-bond acceptors (Lipinski definition) is 2. The summed E-state index contributed by atoms with van der Waals surface area (Å²) in [6.07, 6.45) is 3.60. The Morgan fingerprint density at radius 2 is 1.69 bits per heavy atom. The van der Waals surface area contributed by atoms with Crippen LogP contribution in [-0.2, 0) is 13.1 Å². The Kier molecular flexibility index (Phi) is 6.21. The largest absolute Gasteiger partial charge is 0.340 e. The molecule has 0 amide bonds. The molecule has 3 rings (SSSR count). The molecule has 132 valence electrons. The molecular weight excluding hydrogens is 362 g/mol. The fraction of sp³-hybridized carbons (Fsp3) is 0.143. The van der Waals surface area contributed by atoms with Gasteiger partial charge in [-0.05, 0) is 66.7 Å². The molecule has 0 unspecified atom stereocenters. The molecule has 0 spiro atoms. The van der Waals surface area contributed by atoms with E-state index in [1.807, 2.05) is 36.4 Å². The lowest BCUT2D eigenvalue weighted by Crippen LogP contribution is -2.33. The van der Waals surface area contributed by atoms with E-state index >= 15 is 0 Å². The first-order valence-electron chi connectivity index (χ1n) is 8.36. The highest BCUT2D eigenvalue weighted by molar-refractivity contribution is 7.80. The van der Waals surface area contributed by atoms with E-state index in [-0.39, 0.29) is 0 Å². The summed E-state index contributed by atoms with van der Waals surface area (Å²) in [6, 6.07) is 20.0. The van der Waals surface area contributed by atoms with Crippen LogP contribution in [0.15, 0.2) is 73.1 Å². The number of benzene rings is 2. The summed E-state index contributed by atoms with van der Waals surface area (Å²) < 4.78 is 0. The van der Waals surface area contributed by atoms with Crippen molar-refractivity contribution in [3.05, 3.63) is 94.8 Å². The predicted molar refractivity (Wildman–Crippen MR) is 112 cm³/mol. The number of hydrogen-bond donors (Lipinski definition) is 1. The standard InChI is InChI=1S/C21H20ClN3S/c1-16-3-2-4-18(13-16)15-25(14-17-9-11-23-12-10-17)21(26)24-20-7-5-19(22)6-8-20/h2-13H,14-15H2,1H3,(H,24,26). The Morgan fingerprint density at radius 3 is 2.38 bits per heavy atom. The van der Waals surface area contributed by atoms with Crippen LogP contribution in [0.25, 0.3) is 0 Å². The van der Waals surface area contributed by atoms with Crippen LogP contribution < -0.4 is 5.32 Å². The first-order valence-corrected chi connectivity index (χ1v) is 9.15. The van der Waals surface area contributed by atoms with Gasteiger partial charge in [-0.2, -0.15) is 0 Å². The fourth-order valence-electron chi connectivity index (χ4n) is 2.67. The van der Waals surface area contributed by atoms with Crippen molar-refractivity contribution in [3.8, 4) is 0 Å². The second-order valence-electron chi connectivity index (χ2n) is 6.14. The summed E-state index contributed by atoms with van der Waals surface area (Å²) in [5.74, 6) is 0. The van der Waals surface area contributed by atoms with Crippen molar-refractivity contribution >= 4 is 34.6 Å². The van der Waals surface area contributed by atoms with Gasteiger partial charge in [0.05, 0.1) is 0 Å². The second-order valence-corrected chi connectivity index (χ2v) is 6.96. The van der Waals surface area contributed by atoms with Gasteiger partial charge >= 0.3 is 0 Å². The molecule has 0 saturated carbocycles. The van der Waals surface area contributed by atoms with Gasteiger partial charge in [-0.3, -0.25) is 4.98 Å². The molecule has 0 atom stereocenters. The SMILES string of the molecule is Cc1cccc(CN(Cc2ccncc2)C(=S)Nc2ccc(Cl)cc2)c1. The highest BCUT2D eigenvalue weighted by atomic mass is 35.5. The summed E-state index contributed by atoms with van der Waals surface area (Å²) in [7, 11) is 0. The van der Waals surface area contributed by atoms with Crippen LogP contribution in [0, 0.1) is 6.92 Å². The number of halogens is 1. The van der Waals surface area contributed by atoms with E-state index < -0.39 is 0 Å². The van der Waals surface area contributed by atoms with Crippen LogP contribution in [0.4, 0.5) is 5.69 Å². The van der Waals surface area contributed by atoms with Crippen LogP contribution in [0.3, 0.4) is 0 Å². The molecule has 0 aliphatic heterocycles. The molecule has 0 radical (unpaired) electrons. The molecule has 0 fully saturated rings. The minimum absolute atomic E-state index is 0.672. The highest BCUT2D eigenvalue weighted by Crippen LogP contribution is 2.16. The molecule has 0 aliphatic rings. The van der Waals surface area contributed by atoms with Gasteiger partial charge in [0.2, 0.25) is 0 Å². The Balaban J connectivity index is 1.79. The van der Waals surface area contributed by atoms with E-state index in [9.17, 15) is 0 Å². The van der Waals surface area contributed by atoms with Crippen LogP contribution >= 0.6 is 23.8 Å². The van der Waals surface area contributed by atoms with Crippen LogP contribution in [0.2, 0.25) is 5.02 Å². The van der Waals surface area contributed by atoms with Crippen molar-refractivity contribution in [2.45, 2.75) is 20.0 Å². The summed E-state index contributed by atoms with van der Waals surface area (Å²) in [5.41, 5.74) is 4.54. The molecule has 3 nitrogen and oxygen atoms in total. The molecule has 0 saturated heterocycles. The summed E-state index contributed by atoms with van der Waals surface area (Å²) >= 11 is 11.7. The van der Waals surface area contributed by atoms with Gasteiger partial charge in [0.25, 0.3) is 0 Å². The Hall–Kier alpha value is -2.43. The van der Waals surface area contributed by atoms with E-state index in [1.165, 1.54) is 11.1 Å². The normalized spacial score (nSPS) is 10.4. The van der Waals surface area contributed by atoms with E-state index in [1.54, 1.807) is 12.4 Å². The van der Waals surface area contributed by atoms with Crippen molar-refractivity contribution in [1.29, 1.82) is 0 Å². The molecule has 5 heteroatoms. The summed E-state index contributed by atoms with van der Waals surface area (Å²) in [4.78, 5) is 6.24. The van der Waals surface area contributed by atoms with E-state index in [0.717, 1.165) is 17.8 Å². The third-order valence-corrected chi connectivity index (χ3v) is 4.57. The minimum Gasteiger partial charge on any atom is -0.340 e. The zero-order valence-corrected chi connectivity index (χ0v) is 16.1. The first kappa shape index (κ1) is 18.4. The third-order valence-electron chi connectivity index (χ3n) is 3.96.